The van der Waals surface area contributed by atoms with Gasteiger partial charge in [-0.3, -0.25) is 10.9 Å². The van der Waals surface area contributed by atoms with Gasteiger partial charge in [-0.25, -0.2) is 0 Å². The molecule has 2 N–H and O–H groups in total. The van der Waals surface area contributed by atoms with Gasteiger partial charge >= 0.3 is 0 Å². The van der Waals surface area contributed by atoms with Gasteiger partial charge in [-0.15, -0.1) is 0 Å². The Morgan fingerprint density at radius 2 is 1.50 bits per heavy atom. The summed E-state index contributed by atoms with van der Waals surface area (Å²) in [7, 11) is 0. The standard InChI is InChI=1S/C6H10N2/c1-2-6-4-3-5(1)7-8-6/h1-2,5-8H,3-4H2. The van der Waals surface area contributed by atoms with Crippen LogP contribution in [0.5, 0.6) is 0 Å². The van der Waals surface area contributed by atoms with E-state index in [1.54, 1.807) is 0 Å². The Morgan fingerprint density at radius 3 is 1.62 bits per heavy atom. The van der Waals surface area contributed by atoms with Crippen LogP contribution in [0.25, 0.3) is 0 Å². The van der Waals surface area contributed by atoms with E-state index in [0.29, 0.717) is 12.1 Å². The molecule has 0 aromatic heterocycles. The number of hydrogen-bond acceptors (Lipinski definition) is 2. The van der Waals surface area contributed by atoms with Crippen molar-refractivity contribution in [1.82, 2.24) is 10.9 Å². The van der Waals surface area contributed by atoms with Crippen molar-refractivity contribution in [2.45, 2.75) is 24.9 Å². The molecule has 2 heterocycles. The topological polar surface area (TPSA) is 24.1 Å². The molecule has 8 heavy (non-hydrogen) atoms. The van der Waals surface area contributed by atoms with Crippen molar-refractivity contribution in [3.05, 3.63) is 12.2 Å². The lowest BCUT2D eigenvalue weighted by atomic mass is 9.97. The SMILES string of the molecule is C1=CC2CCC1NN2. The Balaban J connectivity index is 2.20. The van der Waals surface area contributed by atoms with Crippen molar-refractivity contribution >= 4 is 0 Å². The Morgan fingerprint density at radius 1 is 1.00 bits per heavy atom. The van der Waals surface area contributed by atoms with Gasteiger partial charge in [0.15, 0.2) is 0 Å². The van der Waals surface area contributed by atoms with Crippen molar-refractivity contribution in [3.63, 3.8) is 0 Å². The minimum Gasteiger partial charge on any atom is -0.250 e. The summed E-state index contributed by atoms with van der Waals surface area (Å²) in [6.45, 7) is 0. The molecule has 0 aromatic rings. The fourth-order valence-electron chi connectivity index (χ4n) is 1.27. The average molecular weight is 110 g/mol. The van der Waals surface area contributed by atoms with Crippen molar-refractivity contribution in [3.8, 4) is 0 Å². The third-order valence-electron chi connectivity index (χ3n) is 1.82. The molecule has 0 aromatic carbocycles. The number of fused-ring (bicyclic) bond motifs is 2. The summed E-state index contributed by atoms with van der Waals surface area (Å²) in [6, 6.07) is 1.22. The molecule has 3 rings (SSSR count). The zero-order chi connectivity index (χ0) is 5.40. The van der Waals surface area contributed by atoms with Crippen LogP contribution in [0.1, 0.15) is 12.8 Å². The van der Waals surface area contributed by atoms with E-state index in [1.807, 2.05) is 0 Å². The molecular weight excluding hydrogens is 100 g/mol. The summed E-state index contributed by atoms with van der Waals surface area (Å²) in [5.74, 6) is 0. The zero-order valence-corrected chi connectivity index (χ0v) is 4.72. The van der Waals surface area contributed by atoms with Crippen molar-refractivity contribution in [2.24, 2.45) is 0 Å². The second kappa shape index (κ2) is 1.57. The van der Waals surface area contributed by atoms with Crippen molar-refractivity contribution in [1.29, 1.82) is 0 Å². The molecular formula is C6H10N2. The highest BCUT2D eigenvalue weighted by atomic mass is 15.4. The summed E-state index contributed by atoms with van der Waals surface area (Å²) < 4.78 is 0. The minimum atomic E-state index is 0.611. The van der Waals surface area contributed by atoms with E-state index in [0.717, 1.165) is 0 Å². The van der Waals surface area contributed by atoms with Gasteiger partial charge in [0.05, 0.1) is 0 Å². The molecule has 44 valence electrons. The smallest absolute Gasteiger partial charge is 0.0394 e. The highest BCUT2D eigenvalue weighted by Gasteiger charge is 2.20. The molecule has 2 nitrogen and oxygen atoms in total. The average Bonchev–Trinajstić information content (AvgIpc) is 1.92. The van der Waals surface area contributed by atoms with Crippen molar-refractivity contribution < 1.29 is 0 Å². The summed E-state index contributed by atoms with van der Waals surface area (Å²) >= 11 is 0. The van der Waals surface area contributed by atoms with Gasteiger partial charge in [0.1, 0.15) is 0 Å². The van der Waals surface area contributed by atoms with Gasteiger partial charge in [-0.2, -0.15) is 0 Å². The number of hydrogen-bond donors (Lipinski definition) is 2. The van der Waals surface area contributed by atoms with Gasteiger partial charge < -0.3 is 0 Å². The van der Waals surface area contributed by atoms with Crippen LogP contribution in [0.15, 0.2) is 12.2 Å². The molecule has 2 heteroatoms. The number of hydrazine groups is 1. The highest BCUT2D eigenvalue weighted by Crippen LogP contribution is 2.14. The summed E-state index contributed by atoms with van der Waals surface area (Å²) in [5.41, 5.74) is 6.36. The first-order valence-corrected chi connectivity index (χ1v) is 3.14. The molecule has 0 amide bonds. The Kier molecular flexibility index (Phi) is 0.889. The number of rotatable bonds is 0. The fraction of sp³-hybridized carbons (Fsp3) is 0.667. The Hall–Kier alpha value is -0.340. The van der Waals surface area contributed by atoms with E-state index in [1.165, 1.54) is 12.8 Å². The lowest BCUT2D eigenvalue weighted by Crippen LogP contribution is -2.53. The maximum atomic E-state index is 3.18. The van der Waals surface area contributed by atoms with Gasteiger partial charge in [0.25, 0.3) is 0 Å². The highest BCUT2D eigenvalue weighted by molar-refractivity contribution is 5.08. The molecule has 1 fully saturated rings. The van der Waals surface area contributed by atoms with Crippen LogP contribution in [-0.4, -0.2) is 12.1 Å². The predicted octanol–water partition coefficient (Wildman–Crippen LogP) is 0.181. The largest absolute Gasteiger partial charge is 0.250 e. The first-order valence-electron chi connectivity index (χ1n) is 3.14. The van der Waals surface area contributed by atoms with Crippen LogP contribution >= 0.6 is 0 Å². The maximum Gasteiger partial charge on any atom is 0.0394 e. The third kappa shape index (κ3) is 0.572. The van der Waals surface area contributed by atoms with Gasteiger partial charge in [-0.1, -0.05) is 12.2 Å². The van der Waals surface area contributed by atoms with E-state index in [2.05, 4.69) is 23.0 Å². The van der Waals surface area contributed by atoms with Crippen LogP contribution in [-0.2, 0) is 0 Å². The molecule has 2 aliphatic heterocycles. The second-order valence-corrected chi connectivity index (χ2v) is 2.46. The van der Waals surface area contributed by atoms with Gasteiger partial charge in [0, 0.05) is 12.1 Å². The van der Waals surface area contributed by atoms with Crippen LogP contribution < -0.4 is 10.9 Å². The van der Waals surface area contributed by atoms with Gasteiger partial charge in [0.2, 0.25) is 0 Å². The van der Waals surface area contributed by atoms with Crippen LogP contribution in [0.4, 0.5) is 0 Å². The third-order valence-corrected chi connectivity index (χ3v) is 1.82. The second-order valence-electron chi connectivity index (χ2n) is 2.46. The van der Waals surface area contributed by atoms with Gasteiger partial charge in [-0.05, 0) is 12.8 Å². The zero-order valence-electron chi connectivity index (χ0n) is 4.72. The first kappa shape index (κ1) is 4.53. The monoisotopic (exact) mass is 110 g/mol. The molecule has 1 aliphatic carbocycles. The van der Waals surface area contributed by atoms with E-state index in [4.69, 9.17) is 0 Å². The van der Waals surface area contributed by atoms with E-state index in [9.17, 15) is 0 Å². The molecule has 2 bridgehead atoms. The summed E-state index contributed by atoms with van der Waals surface area (Å²) in [6.07, 6.45) is 7.08. The Bertz CT molecular complexity index is 97.7. The minimum absolute atomic E-state index is 0.611. The lowest BCUT2D eigenvalue weighted by Gasteiger charge is -2.32. The normalized spacial score (nSPS) is 43.0. The van der Waals surface area contributed by atoms with E-state index in [-0.39, 0.29) is 0 Å². The molecule has 2 atom stereocenters. The quantitative estimate of drug-likeness (QED) is 0.435. The maximum absolute atomic E-state index is 3.18. The molecule has 0 saturated carbocycles. The predicted molar refractivity (Wildman–Crippen MR) is 32.2 cm³/mol. The molecule has 1 saturated heterocycles. The van der Waals surface area contributed by atoms with Crippen LogP contribution in [0, 0.1) is 0 Å². The summed E-state index contributed by atoms with van der Waals surface area (Å²) in [5, 5.41) is 0. The van der Waals surface area contributed by atoms with E-state index >= 15 is 0 Å². The van der Waals surface area contributed by atoms with E-state index < -0.39 is 0 Å². The molecule has 2 unspecified atom stereocenters. The van der Waals surface area contributed by atoms with Crippen molar-refractivity contribution in [2.75, 3.05) is 0 Å². The molecule has 3 aliphatic rings. The number of nitrogens with one attached hydrogen (secondary N) is 2. The molecule has 0 spiro atoms. The lowest BCUT2D eigenvalue weighted by molar-refractivity contribution is 0.318. The Labute approximate surface area is 48.9 Å². The fourth-order valence-corrected chi connectivity index (χ4v) is 1.27. The summed E-state index contributed by atoms with van der Waals surface area (Å²) in [4.78, 5) is 0. The molecule has 0 radical (unpaired) electrons. The first-order chi connectivity index (χ1) is 3.95. The van der Waals surface area contributed by atoms with Crippen LogP contribution in [0.2, 0.25) is 0 Å². The van der Waals surface area contributed by atoms with Crippen LogP contribution in [0.3, 0.4) is 0 Å².